The van der Waals surface area contributed by atoms with E-state index in [1.165, 1.54) is 23.9 Å². The van der Waals surface area contributed by atoms with E-state index in [-0.39, 0.29) is 24.1 Å². The largest absolute Gasteiger partial charge is 0.394 e. The molecule has 1 heterocycles. The Morgan fingerprint density at radius 1 is 1.18 bits per heavy atom. The molecule has 33 heavy (non-hydrogen) atoms. The Bertz CT molecular complexity index is 1100. The van der Waals surface area contributed by atoms with Crippen molar-refractivity contribution in [2.24, 2.45) is 0 Å². The van der Waals surface area contributed by atoms with Crippen molar-refractivity contribution in [2.75, 3.05) is 18.9 Å². The van der Waals surface area contributed by atoms with Crippen LogP contribution in [0.1, 0.15) is 24.2 Å². The van der Waals surface area contributed by atoms with Crippen molar-refractivity contribution in [1.82, 2.24) is 20.1 Å². The Hall–Kier alpha value is -2.46. The average Bonchev–Trinajstić information content (AvgIpc) is 3.54. The lowest BCUT2D eigenvalue weighted by Gasteiger charge is -2.16. The minimum Gasteiger partial charge on any atom is -0.394 e. The summed E-state index contributed by atoms with van der Waals surface area (Å²) in [6, 6.07) is 13.3. The molecule has 2 aromatic carbocycles. The number of rotatable bonds is 10. The van der Waals surface area contributed by atoms with Crippen LogP contribution in [-0.2, 0) is 16.6 Å². The third-order valence-electron chi connectivity index (χ3n) is 5.62. The van der Waals surface area contributed by atoms with E-state index in [0.29, 0.717) is 34.7 Å². The van der Waals surface area contributed by atoms with Crippen molar-refractivity contribution in [1.29, 1.82) is 0 Å². The van der Waals surface area contributed by atoms with Crippen molar-refractivity contribution in [3.05, 3.63) is 70.8 Å². The van der Waals surface area contributed by atoms with Gasteiger partial charge in [-0.05, 0) is 54.8 Å². The molecule has 0 bridgehead atoms. The van der Waals surface area contributed by atoms with Gasteiger partial charge in [-0.1, -0.05) is 35.5 Å². The second kappa shape index (κ2) is 10.2. The number of aromatic nitrogens is 3. The van der Waals surface area contributed by atoms with Gasteiger partial charge in [-0.25, -0.2) is 4.39 Å². The van der Waals surface area contributed by atoms with E-state index in [0.717, 1.165) is 18.4 Å². The minimum absolute atomic E-state index is 0.0293. The van der Waals surface area contributed by atoms with Gasteiger partial charge in [0.25, 0.3) is 0 Å². The monoisotopic (exact) mass is 490 g/mol. The number of hydrogen-bond acceptors (Lipinski definition) is 6. The topological polar surface area (TPSA) is 100 Å². The SMILES string of the molecule is O=C(NCCc1nnc(SCC(O)CO)n1-c1ccc(F)cc1)C1(c2ccc(Cl)cc2)CC1. The predicted octanol–water partition coefficient (Wildman–Crippen LogP) is 2.90. The molecule has 0 radical (unpaired) electrons. The first-order valence-corrected chi connectivity index (χ1v) is 12.0. The van der Waals surface area contributed by atoms with Crippen LogP contribution in [0.15, 0.2) is 53.7 Å². The highest BCUT2D eigenvalue weighted by atomic mass is 35.5. The van der Waals surface area contributed by atoms with E-state index in [1.54, 1.807) is 28.8 Å². The molecule has 1 aliphatic carbocycles. The summed E-state index contributed by atoms with van der Waals surface area (Å²) in [4.78, 5) is 12.9. The quantitative estimate of drug-likeness (QED) is 0.378. The van der Waals surface area contributed by atoms with Crippen LogP contribution in [0, 0.1) is 5.82 Å². The molecule has 3 N–H and O–H groups in total. The van der Waals surface area contributed by atoms with E-state index < -0.39 is 11.5 Å². The van der Waals surface area contributed by atoms with E-state index in [4.69, 9.17) is 16.7 Å². The fourth-order valence-corrected chi connectivity index (χ4v) is 4.64. The lowest BCUT2D eigenvalue weighted by Crippen LogP contribution is -2.36. The summed E-state index contributed by atoms with van der Waals surface area (Å²) in [7, 11) is 0. The van der Waals surface area contributed by atoms with Crippen LogP contribution in [0.2, 0.25) is 5.02 Å². The van der Waals surface area contributed by atoms with Crippen LogP contribution in [0.4, 0.5) is 4.39 Å². The van der Waals surface area contributed by atoms with Gasteiger partial charge in [0.2, 0.25) is 5.91 Å². The second-order valence-corrected chi connectivity index (χ2v) is 9.38. The maximum absolute atomic E-state index is 13.4. The summed E-state index contributed by atoms with van der Waals surface area (Å²) >= 11 is 7.21. The number of halogens is 2. The summed E-state index contributed by atoms with van der Waals surface area (Å²) in [6.07, 6.45) is 1.11. The van der Waals surface area contributed by atoms with Crippen LogP contribution in [0.3, 0.4) is 0 Å². The lowest BCUT2D eigenvalue weighted by molar-refractivity contribution is -0.123. The zero-order chi connectivity index (χ0) is 23.4. The molecule has 1 aliphatic rings. The van der Waals surface area contributed by atoms with Gasteiger partial charge in [-0.3, -0.25) is 9.36 Å². The molecule has 174 valence electrons. The van der Waals surface area contributed by atoms with E-state index >= 15 is 0 Å². The second-order valence-electron chi connectivity index (χ2n) is 7.95. The Balaban J connectivity index is 1.46. The third-order valence-corrected chi connectivity index (χ3v) is 6.94. The fourth-order valence-electron chi connectivity index (χ4n) is 3.63. The van der Waals surface area contributed by atoms with Crippen molar-refractivity contribution >= 4 is 29.3 Å². The normalized spacial score (nSPS) is 15.3. The first-order chi connectivity index (χ1) is 15.9. The number of amides is 1. The number of nitrogens with zero attached hydrogens (tertiary/aromatic N) is 3. The minimum atomic E-state index is -0.890. The van der Waals surface area contributed by atoms with Gasteiger partial charge in [0, 0.05) is 29.4 Å². The molecule has 1 atom stereocenters. The summed E-state index contributed by atoms with van der Waals surface area (Å²) in [5.74, 6) is 0.441. The number of carbonyl (C=O) groups is 1. The highest BCUT2D eigenvalue weighted by molar-refractivity contribution is 7.99. The van der Waals surface area contributed by atoms with Crippen LogP contribution < -0.4 is 5.32 Å². The molecule has 1 amide bonds. The van der Waals surface area contributed by atoms with Gasteiger partial charge in [-0.2, -0.15) is 0 Å². The van der Waals surface area contributed by atoms with E-state index in [9.17, 15) is 14.3 Å². The molecule has 1 unspecified atom stereocenters. The maximum atomic E-state index is 13.4. The Morgan fingerprint density at radius 3 is 2.52 bits per heavy atom. The van der Waals surface area contributed by atoms with Crippen molar-refractivity contribution in [3.8, 4) is 5.69 Å². The molecule has 7 nitrogen and oxygen atoms in total. The van der Waals surface area contributed by atoms with Crippen LogP contribution in [-0.4, -0.2) is 55.9 Å². The fraction of sp³-hybridized carbons (Fsp3) is 0.348. The molecular weight excluding hydrogens is 467 g/mol. The number of benzene rings is 2. The molecule has 10 heteroatoms. The van der Waals surface area contributed by atoms with Crippen molar-refractivity contribution in [2.45, 2.75) is 35.9 Å². The van der Waals surface area contributed by atoms with E-state index in [2.05, 4.69) is 15.5 Å². The number of thioether (sulfide) groups is 1. The zero-order valence-electron chi connectivity index (χ0n) is 17.7. The van der Waals surface area contributed by atoms with Crippen LogP contribution in [0.5, 0.6) is 0 Å². The molecule has 1 fully saturated rings. The summed E-state index contributed by atoms with van der Waals surface area (Å²) in [5.41, 5.74) is 1.12. The van der Waals surface area contributed by atoms with Crippen molar-refractivity contribution in [3.63, 3.8) is 0 Å². The van der Waals surface area contributed by atoms with Gasteiger partial charge in [-0.15, -0.1) is 10.2 Å². The smallest absolute Gasteiger partial charge is 0.230 e. The van der Waals surface area contributed by atoms with Gasteiger partial charge >= 0.3 is 0 Å². The standard InChI is InChI=1S/C23H24ClFN4O3S/c24-16-3-1-15(2-4-16)23(10-11-23)21(32)26-12-9-20-27-28-22(33-14-19(31)13-30)29(20)18-7-5-17(25)6-8-18/h1-8,19,30-31H,9-14H2,(H,26,32). The average molecular weight is 491 g/mol. The first kappa shape index (κ1) is 23.7. The van der Waals surface area contributed by atoms with Gasteiger partial charge in [0.1, 0.15) is 11.6 Å². The summed E-state index contributed by atoms with van der Waals surface area (Å²) < 4.78 is 15.2. The molecule has 1 aromatic heterocycles. The van der Waals surface area contributed by atoms with Crippen LogP contribution >= 0.6 is 23.4 Å². The molecular formula is C23H24ClFN4O3S. The van der Waals surface area contributed by atoms with Crippen LogP contribution in [0.25, 0.3) is 5.69 Å². The molecule has 3 aromatic rings. The Kier molecular flexibility index (Phi) is 7.33. The van der Waals surface area contributed by atoms with Gasteiger partial charge in [0.15, 0.2) is 5.16 Å². The molecule has 0 saturated heterocycles. The number of aliphatic hydroxyl groups excluding tert-OH is 2. The van der Waals surface area contributed by atoms with Crippen molar-refractivity contribution < 1.29 is 19.4 Å². The summed E-state index contributed by atoms with van der Waals surface area (Å²) in [6.45, 7) is 0.00335. The van der Waals surface area contributed by atoms with E-state index in [1.807, 2.05) is 12.1 Å². The highest BCUT2D eigenvalue weighted by Crippen LogP contribution is 2.48. The number of nitrogens with one attached hydrogen (secondary N) is 1. The maximum Gasteiger partial charge on any atom is 0.230 e. The predicted molar refractivity (Wildman–Crippen MR) is 124 cm³/mol. The Morgan fingerprint density at radius 2 is 1.88 bits per heavy atom. The Labute approximate surface area is 200 Å². The first-order valence-electron chi connectivity index (χ1n) is 10.6. The molecule has 0 aliphatic heterocycles. The highest BCUT2D eigenvalue weighted by Gasteiger charge is 2.51. The number of hydrogen-bond donors (Lipinski definition) is 3. The molecule has 0 spiro atoms. The third kappa shape index (κ3) is 5.38. The number of carbonyl (C=O) groups excluding carboxylic acids is 1. The number of aliphatic hydroxyl groups is 2. The zero-order valence-corrected chi connectivity index (χ0v) is 19.3. The molecule has 4 rings (SSSR count). The molecule has 1 saturated carbocycles. The van der Waals surface area contributed by atoms with Gasteiger partial charge in [0.05, 0.1) is 18.1 Å². The van der Waals surface area contributed by atoms with Gasteiger partial charge < -0.3 is 15.5 Å². The summed E-state index contributed by atoms with van der Waals surface area (Å²) in [5, 5.41) is 31.4. The lowest BCUT2D eigenvalue weighted by atomic mass is 9.95.